The Hall–Kier alpha value is -2.58. The summed E-state index contributed by atoms with van der Waals surface area (Å²) < 4.78 is 30.5. The second kappa shape index (κ2) is 12.8. The summed E-state index contributed by atoms with van der Waals surface area (Å²) in [5.74, 6) is 0. The van der Waals surface area contributed by atoms with Crippen LogP contribution in [-0.2, 0) is 43.5 Å². The molecule has 6 heteroatoms. The highest BCUT2D eigenvalue weighted by Gasteiger charge is 2.50. The number of hydrogen-bond acceptors (Lipinski definition) is 6. The van der Waals surface area contributed by atoms with Gasteiger partial charge in [0.1, 0.15) is 24.4 Å². The molecular weight excluding hydrogens is 432 g/mol. The Labute approximate surface area is 201 Å². The minimum Gasteiger partial charge on any atom is -0.394 e. The molecule has 5 atom stereocenters. The van der Waals surface area contributed by atoms with Crippen LogP contribution in [0.5, 0.6) is 0 Å². The van der Waals surface area contributed by atoms with Crippen LogP contribution in [0.25, 0.3) is 0 Å². The quantitative estimate of drug-likeness (QED) is 0.435. The predicted molar refractivity (Wildman–Crippen MR) is 128 cm³/mol. The first-order chi connectivity index (χ1) is 16.8. The molecule has 4 rings (SSSR count). The van der Waals surface area contributed by atoms with Crippen molar-refractivity contribution in [2.45, 2.75) is 50.5 Å². The zero-order valence-corrected chi connectivity index (χ0v) is 19.4. The van der Waals surface area contributed by atoms with Gasteiger partial charge in [0, 0.05) is 7.11 Å². The van der Waals surface area contributed by atoms with Crippen LogP contribution < -0.4 is 0 Å². The number of ether oxygens (including phenoxy) is 5. The Morgan fingerprint density at radius 3 is 1.65 bits per heavy atom. The highest BCUT2D eigenvalue weighted by molar-refractivity contribution is 5.15. The normalized spacial score (nSPS) is 23.1. The summed E-state index contributed by atoms with van der Waals surface area (Å²) in [6, 6.07) is 29.7. The third kappa shape index (κ3) is 6.51. The lowest BCUT2D eigenvalue weighted by atomic mass is 10.0. The highest BCUT2D eigenvalue weighted by Crippen LogP contribution is 2.32. The van der Waals surface area contributed by atoms with Gasteiger partial charge >= 0.3 is 0 Å². The van der Waals surface area contributed by atoms with E-state index in [1.807, 2.05) is 91.0 Å². The number of aliphatic hydroxyl groups excluding tert-OH is 1. The van der Waals surface area contributed by atoms with Gasteiger partial charge in [0.05, 0.1) is 26.4 Å². The lowest BCUT2D eigenvalue weighted by Gasteiger charge is -2.28. The number of rotatable bonds is 12. The number of methoxy groups -OCH3 is 1. The van der Waals surface area contributed by atoms with Crippen LogP contribution in [0.4, 0.5) is 0 Å². The SMILES string of the molecule is COC1O[C@@H]([C@@H](CO)OCc2ccccc2)[C@H](OCc2ccccc2)[C@H]1OCc1ccccc1. The molecule has 0 aromatic heterocycles. The van der Waals surface area contributed by atoms with E-state index in [2.05, 4.69) is 0 Å². The van der Waals surface area contributed by atoms with E-state index in [1.165, 1.54) is 0 Å². The topological polar surface area (TPSA) is 66.4 Å². The molecule has 6 nitrogen and oxygen atoms in total. The highest BCUT2D eigenvalue weighted by atomic mass is 16.7. The molecule has 1 saturated heterocycles. The molecule has 0 aliphatic carbocycles. The van der Waals surface area contributed by atoms with E-state index in [1.54, 1.807) is 7.11 Å². The lowest BCUT2D eigenvalue weighted by Crippen LogP contribution is -2.44. The number of hydrogen-bond donors (Lipinski definition) is 1. The van der Waals surface area contributed by atoms with Gasteiger partial charge in [-0.3, -0.25) is 0 Å². The molecule has 1 aliphatic rings. The molecule has 1 unspecified atom stereocenters. The average Bonchev–Trinajstić information content (AvgIpc) is 3.25. The van der Waals surface area contributed by atoms with Crippen LogP contribution >= 0.6 is 0 Å². The summed E-state index contributed by atoms with van der Waals surface area (Å²) in [6.45, 7) is 0.903. The van der Waals surface area contributed by atoms with Crippen LogP contribution in [0, 0.1) is 0 Å². The second-order valence-corrected chi connectivity index (χ2v) is 8.24. The van der Waals surface area contributed by atoms with Crippen molar-refractivity contribution in [1.82, 2.24) is 0 Å². The Bertz CT molecular complexity index is 952. The van der Waals surface area contributed by atoms with E-state index < -0.39 is 30.7 Å². The van der Waals surface area contributed by atoms with Gasteiger partial charge in [0.2, 0.25) is 0 Å². The molecular formula is C28H32O6. The molecule has 3 aromatic rings. The van der Waals surface area contributed by atoms with Gasteiger partial charge in [-0.2, -0.15) is 0 Å². The fourth-order valence-electron chi connectivity index (χ4n) is 4.07. The van der Waals surface area contributed by atoms with Gasteiger partial charge in [0.15, 0.2) is 6.29 Å². The standard InChI is InChI=1S/C28H32O6/c1-30-28-27(33-20-23-15-9-4-10-16-23)26(32-19-22-13-7-3-8-14-22)25(34-28)24(17-29)31-18-21-11-5-2-6-12-21/h2-16,24-29H,17-20H2,1H3/t24-,25+,26+,27-,28?/m1/s1. The van der Waals surface area contributed by atoms with Crippen molar-refractivity contribution in [2.75, 3.05) is 13.7 Å². The Morgan fingerprint density at radius 2 is 1.18 bits per heavy atom. The van der Waals surface area contributed by atoms with Crippen LogP contribution in [0.2, 0.25) is 0 Å². The fraction of sp³-hybridized carbons (Fsp3) is 0.357. The fourth-order valence-corrected chi connectivity index (χ4v) is 4.07. The Morgan fingerprint density at radius 1 is 0.706 bits per heavy atom. The summed E-state index contributed by atoms with van der Waals surface area (Å²) >= 11 is 0. The minimum absolute atomic E-state index is 0.218. The third-order valence-corrected chi connectivity index (χ3v) is 5.86. The van der Waals surface area contributed by atoms with Crippen molar-refractivity contribution in [3.63, 3.8) is 0 Å². The number of benzene rings is 3. The zero-order valence-electron chi connectivity index (χ0n) is 19.4. The maximum Gasteiger partial charge on any atom is 0.186 e. The van der Waals surface area contributed by atoms with Crippen LogP contribution in [-0.4, -0.2) is 49.5 Å². The van der Waals surface area contributed by atoms with E-state index >= 15 is 0 Å². The molecule has 3 aromatic carbocycles. The maximum absolute atomic E-state index is 10.2. The van der Waals surface area contributed by atoms with Crippen molar-refractivity contribution in [3.8, 4) is 0 Å². The first-order valence-electron chi connectivity index (χ1n) is 11.5. The molecule has 0 radical (unpaired) electrons. The molecule has 1 aliphatic heterocycles. The summed E-state index contributed by atoms with van der Waals surface area (Å²) in [5, 5.41) is 10.2. The molecule has 1 heterocycles. The average molecular weight is 465 g/mol. The minimum atomic E-state index is -0.649. The molecule has 1 fully saturated rings. The van der Waals surface area contributed by atoms with Crippen molar-refractivity contribution >= 4 is 0 Å². The molecule has 1 N–H and O–H groups in total. The van der Waals surface area contributed by atoms with Crippen molar-refractivity contribution in [2.24, 2.45) is 0 Å². The summed E-state index contributed by atoms with van der Waals surface area (Å²) in [5.41, 5.74) is 3.09. The molecule has 34 heavy (non-hydrogen) atoms. The predicted octanol–water partition coefficient (Wildman–Crippen LogP) is 4.11. The molecule has 0 amide bonds. The first-order valence-corrected chi connectivity index (χ1v) is 11.5. The third-order valence-electron chi connectivity index (χ3n) is 5.86. The van der Waals surface area contributed by atoms with Gasteiger partial charge in [-0.25, -0.2) is 0 Å². The monoisotopic (exact) mass is 464 g/mol. The van der Waals surface area contributed by atoms with E-state index in [0.29, 0.717) is 19.8 Å². The molecule has 0 spiro atoms. The van der Waals surface area contributed by atoms with Gasteiger partial charge in [-0.1, -0.05) is 91.0 Å². The van der Waals surface area contributed by atoms with Gasteiger partial charge in [-0.05, 0) is 16.7 Å². The van der Waals surface area contributed by atoms with Crippen molar-refractivity contribution < 1.29 is 28.8 Å². The number of aliphatic hydroxyl groups is 1. The van der Waals surface area contributed by atoms with E-state index in [0.717, 1.165) is 16.7 Å². The zero-order chi connectivity index (χ0) is 23.6. The van der Waals surface area contributed by atoms with E-state index in [9.17, 15) is 5.11 Å². The Balaban J connectivity index is 1.50. The summed E-state index contributed by atoms with van der Waals surface area (Å²) in [7, 11) is 1.58. The van der Waals surface area contributed by atoms with Crippen LogP contribution in [0.15, 0.2) is 91.0 Å². The first kappa shape index (κ1) is 24.5. The van der Waals surface area contributed by atoms with Crippen LogP contribution in [0.3, 0.4) is 0 Å². The lowest BCUT2D eigenvalue weighted by molar-refractivity contribution is -0.184. The molecule has 0 bridgehead atoms. The largest absolute Gasteiger partial charge is 0.394 e. The Kier molecular flexibility index (Phi) is 9.21. The molecule has 0 saturated carbocycles. The van der Waals surface area contributed by atoms with Gasteiger partial charge in [-0.15, -0.1) is 0 Å². The summed E-state index contributed by atoms with van der Waals surface area (Å²) in [4.78, 5) is 0. The van der Waals surface area contributed by atoms with Crippen molar-refractivity contribution in [1.29, 1.82) is 0 Å². The molecule has 180 valence electrons. The van der Waals surface area contributed by atoms with Gasteiger partial charge < -0.3 is 28.8 Å². The van der Waals surface area contributed by atoms with Gasteiger partial charge in [0.25, 0.3) is 0 Å². The second-order valence-electron chi connectivity index (χ2n) is 8.24. The van der Waals surface area contributed by atoms with Crippen LogP contribution in [0.1, 0.15) is 16.7 Å². The summed E-state index contributed by atoms with van der Waals surface area (Å²) in [6.07, 6.45) is -2.81. The van der Waals surface area contributed by atoms with E-state index in [-0.39, 0.29) is 6.61 Å². The van der Waals surface area contributed by atoms with Crippen molar-refractivity contribution in [3.05, 3.63) is 108 Å². The maximum atomic E-state index is 10.2. The van der Waals surface area contributed by atoms with E-state index in [4.69, 9.17) is 23.7 Å². The smallest absolute Gasteiger partial charge is 0.186 e.